The topological polar surface area (TPSA) is 43.9 Å². The van der Waals surface area contributed by atoms with Crippen molar-refractivity contribution in [2.75, 3.05) is 26.7 Å². The summed E-state index contributed by atoms with van der Waals surface area (Å²) in [5.74, 6) is 1.25. The first-order chi connectivity index (χ1) is 10.7. The normalized spacial score (nSPS) is 29.7. The van der Waals surface area contributed by atoms with E-state index < -0.39 is 0 Å². The van der Waals surface area contributed by atoms with Crippen molar-refractivity contribution in [1.82, 2.24) is 14.7 Å². The average Bonchev–Trinajstić information content (AvgIpc) is 2.45. The molecule has 2 amide bonds. The zero-order valence-corrected chi connectivity index (χ0v) is 15.6. The molecule has 0 N–H and O–H groups in total. The van der Waals surface area contributed by atoms with Gasteiger partial charge in [-0.25, -0.2) is 0 Å². The van der Waals surface area contributed by atoms with Gasteiger partial charge in [0, 0.05) is 19.6 Å². The lowest BCUT2D eigenvalue weighted by molar-refractivity contribution is -0.165. The Labute approximate surface area is 141 Å². The van der Waals surface area contributed by atoms with Crippen molar-refractivity contribution in [3.05, 3.63) is 0 Å². The molecule has 0 aromatic rings. The molecule has 0 unspecified atom stereocenters. The summed E-state index contributed by atoms with van der Waals surface area (Å²) in [6, 6.07) is -0.266. The highest BCUT2D eigenvalue weighted by molar-refractivity contribution is 5.91. The lowest BCUT2D eigenvalue weighted by Gasteiger charge is -2.52. The number of piperazine rings is 2. The Morgan fingerprint density at radius 3 is 2.26 bits per heavy atom. The highest BCUT2D eigenvalue weighted by Crippen LogP contribution is 2.28. The van der Waals surface area contributed by atoms with Crippen molar-refractivity contribution in [1.29, 1.82) is 0 Å². The van der Waals surface area contributed by atoms with Gasteiger partial charge in [0.15, 0.2) is 0 Å². The predicted octanol–water partition coefficient (Wildman–Crippen LogP) is 1.82. The van der Waals surface area contributed by atoms with E-state index in [0.29, 0.717) is 18.4 Å². The van der Waals surface area contributed by atoms with Gasteiger partial charge in [-0.05, 0) is 38.6 Å². The number of hydrogen-bond donors (Lipinski definition) is 0. The molecule has 132 valence electrons. The smallest absolute Gasteiger partial charge is 0.245 e. The number of fused-ring (bicyclic) bond motifs is 1. The van der Waals surface area contributed by atoms with Gasteiger partial charge in [0.05, 0.1) is 12.1 Å². The lowest BCUT2D eigenvalue weighted by atomic mass is 9.92. The Bertz CT molecular complexity index is 450. The van der Waals surface area contributed by atoms with E-state index in [0.717, 1.165) is 25.9 Å². The molecular formula is C18H33N3O2. The molecule has 2 saturated heterocycles. The average molecular weight is 323 g/mol. The fourth-order valence-corrected chi connectivity index (χ4v) is 3.67. The first-order valence-electron chi connectivity index (χ1n) is 9.03. The minimum absolute atomic E-state index is 0.117. The van der Waals surface area contributed by atoms with E-state index in [-0.39, 0.29) is 29.9 Å². The molecule has 2 rings (SSSR count). The van der Waals surface area contributed by atoms with Crippen LogP contribution in [0.5, 0.6) is 0 Å². The van der Waals surface area contributed by atoms with Crippen molar-refractivity contribution in [3.8, 4) is 0 Å². The number of likely N-dealkylation sites (N-methyl/N-ethyl adjacent to an activating group) is 1. The molecule has 2 fully saturated rings. The number of nitrogens with zero attached hydrogens (tertiary/aromatic N) is 3. The molecule has 23 heavy (non-hydrogen) atoms. The van der Waals surface area contributed by atoms with E-state index in [1.807, 2.05) is 23.8 Å². The monoisotopic (exact) mass is 323 g/mol. The summed E-state index contributed by atoms with van der Waals surface area (Å²) in [6.45, 7) is 12.9. The minimum atomic E-state index is -0.274. The molecule has 3 atom stereocenters. The van der Waals surface area contributed by atoms with Gasteiger partial charge in [-0.3, -0.25) is 14.5 Å². The summed E-state index contributed by atoms with van der Waals surface area (Å²) in [4.78, 5) is 31.8. The van der Waals surface area contributed by atoms with Crippen LogP contribution in [0, 0.1) is 11.8 Å². The molecular weight excluding hydrogens is 290 g/mol. The molecule has 0 aromatic carbocycles. The number of carbonyl (C=O) groups excluding carboxylic acids is 2. The summed E-state index contributed by atoms with van der Waals surface area (Å²) >= 11 is 0. The summed E-state index contributed by atoms with van der Waals surface area (Å²) in [5.41, 5.74) is 0. The summed E-state index contributed by atoms with van der Waals surface area (Å²) in [7, 11) is 2.01. The van der Waals surface area contributed by atoms with Gasteiger partial charge >= 0.3 is 0 Å². The van der Waals surface area contributed by atoms with E-state index in [1.54, 1.807) is 0 Å². The van der Waals surface area contributed by atoms with Crippen molar-refractivity contribution >= 4 is 11.8 Å². The Balaban J connectivity index is 2.23. The Morgan fingerprint density at radius 2 is 1.70 bits per heavy atom. The van der Waals surface area contributed by atoms with Crippen molar-refractivity contribution < 1.29 is 9.59 Å². The molecule has 5 heteroatoms. The molecule has 2 heterocycles. The zero-order chi connectivity index (χ0) is 17.3. The zero-order valence-electron chi connectivity index (χ0n) is 15.6. The SMILES string of the molecule is CC(C)CCN1C[C@@H]2CN(C)[C@@H](C)C(=O)N2[C@@H](CC(C)C)C1=O. The second kappa shape index (κ2) is 7.20. The van der Waals surface area contributed by atoms with Gasteiger partial charge in [0.25, 0.3) is 0 Å². The standard InChI is InChI=1S/C18H33N3O2/c1-12(2)7-8-20-11-15-10-19(6)14(5)17(22)21(15)16(18(20)23)9-13(3)4/h12-16H,7-11H2,1-6H3/t14-,15-,16-/m0/s1. The maximum absolute atomic E-state index is 13.0. The number of rotatable bonds is 5. The maximum Gasteiger partial charge on any atom is 0.245 e. The molecule has 0 saturated carbocycles. The first-order valence-corrected chi connectivity index (χ1v) is 9.03. The summed E-state index contributed by atoms with van der Waals surface area (Å²) in [6.07, 6.45) is 1.78. The third-order valence-electron chi connectivity index (χ3n) is 5.20. The van der Waals surface area contributed by atoms with E-state index in [9.17, 15) is 9.59 Å². The van der Waals surface area contributed by atoms with Crippen LogP contribution in [-0.4, -0.2) is 71.3 Å². The van der Waals surface area contributed by atoms with Gasteiger partial charge < -0.3 is 9.80 Å². The van der Waals surface area contributed by atoms with Gasteiger partial charge in [0.1, 0.15) is 6.04 Å². The van der Waals surface area contributed by atoms with Gasteiger partial charge in [-0.1, -0.05) is 27.7 Å². The maximum atomic E-state index is 13.0. The van der Waals surface area contributed by atoms with Crippen molar-refractivity contribution in [2.45, 2.75) is 65.6 Å². The Morgan fingerprint density at radius 1 is 1.04 bits per heavy atom. The Hall–Kier alpha value is -1.10. The number of amides is 2. The van der Waals surface area contributed by atoms with Gasteiger partial charge in [0.2, 0.25) is 11.8 Å². The van der Waals surface area contributed by atoms with Gasteiger partial charge in [-0.2, -0.15) is 0 Å². The summed E-state index contributed by atoms with van der Waals surface area (Å²) < 4.78 is 0. The first kappa shape index (κ1) is 18.2. The van der Waals surface area contributed by atoms with Crippen LogP contribution in [0.2, 0.25) is 0 Å². The molecule has 0 aromatic heterocycles. The lowest BCUT2D eigenvalue weighted by Crippen LogP contribution is -2.71. The molecule has 2 aliphatic rings. The molecule has 2 aliphatic heterocycles. The number of carbonyl (C=O) groups is 2. The van der Waals surface area contributed by atoms with Gasteiger partial charge in [-0.15, -0.1) is 0 Å². The third kappa shape index (κ3) is 3.87. The van der Waals surface area contributed by atoms with Crippen LogP contribution in [-0.2, 0) is 9.59 Å². The highest BCUT2D eigenvalue weighted by atomic mass is 16.2. The van der Waals surface area contributed by atoms with E-state index in [1.165, 1.54) is 0 Å². The molecule has 0 spiro atoms. The van der Waals surface area contributed by atoms with Crippen molar-refractivity contribution in [3.63, 3.8) is 0 Å². The quantitative estimate of drug-likeness (QED) is 0.775. The van der Waals surface area contributed by atoms with Crippen molar-refractivity contribution in [2.24, 2.45) is 11.8 Å². The summed E-state index contributed by atoms with van der Waals surface area (Å²) in [5, 5.41) is 0. The van der Waals surface area contributed by atoms with Crippen LogP contribution in [0.1, 0.15) is 47.5 Å². The second-order valence-corrected chi connectivity index (χ2v) is 8.13. The van der Waals surface area contributed by atoms with E-state index in [2.05, 4.69) is 32.6 Å². The molecule has 5 nitrogen and oxygen atoms in total. The van der Waals surface area contributed by atoms with Crippen LogP contribution in [0.25, 0.3) is 0 Å². The molecule has 0 bridgehead atoms. The van der Waals surface area contributed by atoms with E-state index in [4.69, 9.17) is 0 Å². The van der Waals surface area contributed by atoms with Crippen LogP contribution >= 0.6 is 0 Å². The third-order valence-corrected chi connectivity index (χ3v) is 5.20. The second-order valence-electron chi connectivity index (χ2n) is 8.13. The predicted molar refractivity (Wildman–Crippen MR) is 92.0 cm³/mol. The van der Waals surface area contributed by atoms with Crippen LogP contribution < -0.4 is 0 Å². The fraction of sp³-hybridized carbons (Fsp3) is 0.889. The van der Waals surface area contributed by atoms with Crippen LogP contribution in [0.15, 0.2) is 0 Å². The largest absolute Gasteiger partial charge is 0.339 e. The Kier molecular flexibility index (Phi) is 5.71. The highest BCUT2D eigenvalue weighted by Gasteiger charge is 2.47. The molecule has 0 aliphatic carbocycles. The number of hydrogen-bond acceptors (Lipinski definition) is 3. The van der Waals surface area contributed by atoms with Crippen LogP contribution in [0.3, 0.4) is 0 Å². The fourth-order valence-electron chi connectivity index (χ4n) is 3.67. The van der Waals surface area contributed by atoms with E-state index >= 15 is 0 Å². The van der Waals surface area contributed by atoms with Crippen LogP contribution in [0.4, 0.5) is 0 Å². The molecule has 0 radical (unpaired) electrons. The minimum Gasteiger partial charge on any atom is -0.339 e.